The maximum absolute atomic E-state index is 12.1. The Morgan fingerprint density at radius 2 is 2.59 bits per heavy atom. The van der Waals surface area contributed by atoms with Gasteiger partial charge in [0.15, 0.2) is 5.82 Å². The first kappa shape index (κ1) is 12.3. The number of carbonyl (C=O) groups is 1. The van der Waals surface area contributed by atoms with Crippen LogP contribution in [0.2, 0.25) is 0 Å². The van der Waals surface area contributed by atoms with Gasteiger partial charge in [-0.1, -0.05) is 6.92 Å². The minimum Gasteiger partial charge on any atom is -0.375 e. The third-order valence-electron chi connectivity index (χ3n) is 2.85. The van der Waals surface area contributed by atoms with E-state index in [0.29, 0.717) is 18.9 Å². The molecule has 0 aliphatic carbocycles. The molecule has 1 saturated heterocycles. The van der Waals surface area contributed by atoms with Crippen LogP contribution < -0.4 is 5.32 Å². The number of hydrogen-bond acceptors (Lipinski definition) is 4. The first-order valence-electron chi connectivity index (χ1n) is 6.18. The molecule has 1 aliphatic rings. The van der Waals surface area contributed by atoms with E-state index in [4.69, 9.17) is 4.74 Å². The number of morpholine rings is 1. The molecule has 2 rings (SSSR count). The van der Waals surface area contributed by atoms with Crippen molar-refractivity contribution in [1.82, 2.24) is 14.9 Å². The summed E-state index contributed by atoms with van der Waals surface area (Å²) in [6, 6.07) is 0. The number of hydrogen-bond donors (Lipinski definition) is 1. The van der Waals surface area contributed by atoms with Crippen LogP contribution in [0.15, 0.2) is 12.4 Å². The number of ketones is 1. The molecular formula is C12H19N3O2. The van der Waals surface area contributed by atoms with Gasteiger partial charge >= 0.3 is 0 Å². The van der Waals surface area contributed by atoms with Crippen molar-refractivity contribution < 1.29 is 9.53 Å². The monoisotopic (exact) mass is 237 g/mol. The molecule has 0 spiro atoms. The molecule has 1 aromatic heterocycles. The van der Waals surface area contributed by atoms with Gasteiger partial charge in [-0.15, -0.1) is 0 Å². The van der Waals surface area contributed by atoms with Gasteiger partial charge in [0, 0.05) is 38.4 Å². The largest absolute Gasteiger partial charge is 0.375 e. The van der Waals surface area contributed by atoms with Gasteiger partial charge in [-0.05, 0) is 6.42 Å². The van der Waals surface area contributed by atoms with E-state index in [1.807, 2.05) is 10.8 Å². The summed E-state index contributed by atoms with van der Waals surface area (Å²) in [5.74, 6) is 0.623. The van der Waals surface area contributed by atoms with Gasteiger partial charge in [0.25, 0.3) is 0 Å². The Labute approximate surface area is 101 Å². The van der Waals surface area contributed by atoms with E-state index in [0.717, 1.165) is 26.1 Å². The topological polar surface area (TPSA) is 56.2 Å². The Morgan fingerprint density at radius 3 is 3.29 bits per heavy atom. The third-order valence-corrected chi connectivity index (χ3v) is 2.85. The second kappa shape index (κ2) is 5.93. The summed E-state index contributed by atoms with van der Waals surface area (Å²) in [6.45, 7) is 5.23. The lowest BCUT2D eigenvalue weighted by Gasteiger charge is -2.22. The molecule has 0 saturated carbocycles. The number of aromatic nitrogens is 2. The fourth-order valence-electron chi connectivity index (χ4n) is 2.03. The molecule has 17 heavy (non-hydrogen) atoms. The summed E-state index contributed by atoms with van der Waals surface area (Å²) >= 11 is 0. The molecule has 1 aliphatic heterocycles. The second-order valence-corrected chi connectivity index (χ2v) is 4.27. The minimum atomic E-state index is -0.0111. The zero-order chi connectivity index (χ0) is 12.1. The summed E-state index contributed by atoms with van der Waals surface area (Å²) in [4.78, 5) is 16.2. The number of Topliss-reactive ketones (excluding diaryl/α,β-unsaturated/α-hetero) is 1. The normalized spacial score (nSPS) is 20.4. The van der Waals surface area contributed by atoms with Crippen molar-refractivity contribution in [2.45, 2.75) is 32.4 Å². The molecule has 5 nitrogen and oxygen atoms in total. The predicted octanol–water partition coefficient (Wildman–Crippen LogP) is 0.854. The fourth-order valence-corrected chi connectivity index (χ4v) is 2.03. The lowest BCUT2D eigenvalue weighted by Crippen LogP contribution is -2.39. The Morgan fingerprint density at radius 1 is 1.71 bits per heavy atom. The number of rotatable bonds is 5. The van der Waals surface area contributed by atoms with Crippen LogP contribution in [0.1, 0.15) is 30.4 Å². The van der Waals surface area contributed by atoms with Crippen molar-refractivity contribution in [2.75, 3.05) is 19.7 Å². The molecule has 1 fully saturated rings. The highest BCUT2D eigenvalue weighted by Crippen LogP contribution is 2.08. The van der Waals surface area contributed by atoms with E-state index in [9.17, 15) is 4.79 Å². The molecule has 0 bridgehead atoms. The average molecular weight is 237 g/mol. The van der Waals surface area contributed by atoms with Crippen LogP contribution >= 0.6 is 0 Å². The standard InChI is InChI=1S/C12H19N3O2/c1-2-5-15-6-3-14-12(15)11(16)8-10-9-13-4-7-17-10/h3,6,10,13H,2,4-5,7-9H2,1H3. The number of aryl methyl sites for hydroxylation is 1. The highest BCUT2D eigenvalue weighted by atomic mass is 16.5. The minimum absolute atomic E-state index is 0.0111. The van der Waals surface area contributed by atoms with Crippen molar-refractivity contribution in [1.29, 1.82) is 0 Å². The van der Waals surface area contributed by atoms with Crippen molar-refractivity contribution in [3.8, 4) is 0 Å². The number of ether oxygens (including phenoxy) is 1. The predicted molar refractivity (Wildman–Crippen MR) is 64.1 cm³/mol. The van der Waals surface area contributed by atoms with Crippen LogP contribution in [0, 0.1) is 0 Å². The lowest BCUT2D eigenvalue weighted by molar-refractivity contribution is 0.0236. The average Bonchev–Trinajstić information content (AvgIpc) is 2.79. The van der Waals surface area contributed by atoms with Crippen LogP contribution in [0.4, 0.5) is 0 Å². The van der Waals surface area contributed by atoms with Crippen molar-refractivity contribution >= 4 is 5.78 Å². The van der Waals surface area contributed by atoms with Crippen LogP contribution in [-0.4, -0.2) is 41.1 Å². The van der Waals surface area contributed by atoms with Gasteiger partial charge in [-0.25, -0.2) is 4.98 Å². The first-order chi connectivity index (χ1) is 8.31. The van der Waals surface area contributed by atoms with Crippen LogP contribution in [0.5, 0.6) is 0 Å². The highest BCUT2D eigenvalue weighted by Gasteiger charge is 2.20. The summed E-state index contributed by atoms with van der Waals surface area (Å²) in [6.07, 6.45) is 4.94. The smallest absolute Gasteiger partial charge is 0.200 e. The molecule has 1 atom stereocenters. The SMILES string of the molecule is CCCn1ccnc1C(=O)CC1CNCCO1. The van der Waals surface area contributed by atoms with E-state index >= 15 is 0 Å². The summed E-state index contributed by atoms with van der Waals surface area (Å²) < 4.78 is 7.44. The van der Waals surface area contributed by atoms with Gasteiger partial charge in [0.05, 0.1) is 12.7 Å². The Bertz CT molecular complexity index is 370. The van der Waals surface area contributed by atoms with Crippen LogP contribution in [0.25, 0.3) is 0 Å². The van der Waals surface area contributed by atoms with Crippen molar-refractivity contribution in [2.24, 2.45) is 0 Å². The Hall–Kier alpha value is -1.20. The summed E-state index contributed by atoms with van der Waals surface area (Å²) in [5.41, 5.74) is 0. The first-order valence-corrected chi connectivity index (χ1v) is 6.18. The molecule has 0 amide bonds. The van der Waals surface area contributed by atoms with Crippen LogP contribution in [-0.2, 0) is 11.3 Å². The highest BCUT2D eigenvalue weighted by molar-refractivity contribution is 5.93. The van der Waals surface area contributed by atoms with E-state index in [1.165, 1.54) is 0 Å². The molecule has 1 unspecified atom stereocenters. The van der Waals surface area contributed by atoms with E-state index in [1.54, 1.807) is 6.20 Å². The fraction of sp³-hybridized carbons (Fsp3) is 0.667. The van der Waals surface area contributed by atoms with Crippen LogP contribution in [0.3, 0.4) is 0 Å². The quantitative estimate of drug-likeness (QED) is 0.771. The van der Waals surface area contributed by atoms with E-state index < -0.39 is 0 Å². The molecule has 0 radical (unpaired) electrons. The third kappa shape index (κ3) is 3.14. The van der Waals surface area contributed by atoms with Gasteiger partial charge in [0.1, 0.15) is 0 Å². The van der Waals surface area contributed by atoms with E-state index in [-0.39, 0.29) is 11.9 Å². The number of carbonyl (C=O) groups excluding carboxylic acids is 1. The Balaban J connectivity index is 1.96. The zero-order valence-corrected chi connectivity index (χ0v) is 10.2. The maximum atomic E-state index is 12.1. The molecule has 2 heterocycles. The summed E-state index contributed by atoms with van der Waals surface area (Å²) in [7, 11) is 0. The zero-order valence-electron chi connectivity index (χ0n) is 10.2. The molecular weight excluding hydrogens is 218 g/mol. The van der Waals surface area contributed by atoms with Gasteiger partial charge in [0.2, 0.25) is 5.78 Å². The van der Waals surface area contributed by atoms with Gasteiger partial charge in [-0.3, -0.25) is 4.79 Å². The van der Waals surface area contributed by atoms with Gasteiger partial charge in [-0.2, -0.15) is 0 Å². The summed E-state index contributed by atoms with van der Waals surface area (Å²) in [5, 5.41) is 3.22. The second-order valence-electron chi connectivity index (χ2n) is 4.27. The maximum Gasteiger partial charge on any atom is 0.200 e. The molecule has 94 valence electrons. The molecule has 1 aromatic rings. The van der Waals surface area contributed by atoms with Crippen molar-refractivity contribution in [3.05, 3.63) is 18.2 Å². The number of imidazole rings is 1. The number of nitrogens with zero attached hydrogens (tertiary/aromatic N) is 2. The molecule has 0 aromatic carbocycles. The molecule has 1 N–H and O–H groups in total. The van der Waals surface area contributed by atoms with Gasteiger partial charge < -0.3 is 14.6 Å². The van der Waals surface area contributed by atoms with Crippen molar-refractivity contribution in [3.63, 3.8) is 0 Å². The lowest BCUT2D eigenvalue weighted by atomic mass is 10.1. The molecule has 5 heteroatoms. The Kier molecular flexibility index (Phi) is 4.28. The van der Waals surface area contributed by atoms with E-state index in [2.05, 4.69) is 17.2 Å². The number of nitrogens with one attached hydrogen (secondary N) is 1.